The zero-order valence-corrected chi connectivity index (χ0v) is 17.4. The number of carbonyl (C=O) groups is 2. The van der Waals surface area contributed by atoms with Crippen LogP contribution in [0.25, 0.3) is 0 Å². The van der Waals surface area contributed by atoms with Crippen molar-refractivity contribution < 1.29 is 19.1 Å². The summed E-state index contributed by atoms with van der Waals surface area (Å²) in [5.74, 6) is 0.640. The zero-order valence-electron chi connectivity index (χ0n) is 17.4. The Morgan fingerprint density at radius 3 is 2.77 bits per heavy atom. The lowest BCUT2D eigenvalue weighted by Gasteiger charge is -2.47. The van der Waals surface area contributed by atoms with Crippen LogP contribution < -0.4 is 5.32 Å². The maximum absolute atomic E-state index is 12.4. The second-order valence-electron chi connectivity index (χ2n) is 8.63. The molecule has 160 valence electrons. The first-order chi connectivity index (χ1) is 14.4. The number of aromatic amines is 1. The van der Waals surface area contributed by atoms with Crippen LogP contribution in [-0.2, 0) is 16.1 Å². The molecular formula is C22H28N4O4. The van der Waals surface area contributed by atoms with E-state index in [4.69, 9.17) is 9.47 Å². The molecule has 1 aromatic heterocycles. The number of H-pyrrole nitrogens is 1. The van der Waals surface area contributed by atoms with E-state index in [-0.39, 0.29) is 30.3 Å². The number of likely N-dealkylation sites (tertiary alicyclic amines) is 1. The van der Waals surface area contributed by atoms with Gasteiger partial charge in [0.2, 0.25) is 0 Å². The molecule has 0 bridgehead atoms. The van der Waals surface area contributed by atoms with E-state index in [1.807, 2.05) is 36.4 Å². The number of amides is 2. The minimum atomic E-state index is -0.549. The fourth-order valence-corrected chi connectivity index (χ4v) is 4.02. The first kappa shape index (κ1) is 20.3. The van der Waals surface area contributed by atoms with Crippen LogP contribution in [0.1, 0.15) is 56.7 Å². The number of ether oxygens (including phenoxy) is 2. The van der Waals surface area contributed by atoms with E-state index in [1.54, 1.807) is 4.90 Å². The van der Waals surface area contributed by atoms with Crippen molar-refractivity contribution in [2.75, 3.05) is 11.9 Å². The standard InChI is InChI=1S/C22H28N4O4/c1-22(2)10-11-26(22)21(28)30-17-9-8-16(12-17)18-13-19(25-24-18)23-20(27)29-14-15-6-4-3-5-7-15/h3-7,13,16-17H,8-12,14H2,1-2H3,(H2,23,24,25,27)/t16-,17+/m0/s1. The van der Waals surface area contributed by atoms with Crippen molar-refractivity contribution in [1.82, 2.24) is 15.1 Å². The van der Waals surface area contributed by atoms with Gasteiger partial charge in [-0.3, -0.25) is 10.4 Å². The highest BCUT2D eigenvalue weighted by Gasteiger charge is 2.41. The molecule has 1 aromatic carbocycles. The van der Waals surface area contributed by atoms with Gasteiger partial charge in [-0.25, -0.2) is 9.59 Å². The minimum Gasteiger partial charge on any atom is -0.446 e. The van der Waals surface area contributed by atoms with Crippen molar-refractivity contribution in [3.8, 4) is 0 Å². The molecule has 2 aromatic rings. The fraction of sp³-hybridized carbons (Fsp3) is 0.500. The van der Waals surface area contributed by atoms with Crippen LogP contribution in [0.5, 0.6) is 0 Å². The molecule has 2 amide bonds. The fourth-order valence-electron chi connectivity index (χ4n) is 4.02. The van der Waals surface area contributed by atoms with Gasteiger partial charge in [0.05, 0.1) is 0 Å². The zero-order chi connectivity index (χ0) is 21.1. The Balaban J connectivity index is 1.24. The SMILES string of the molecule is CC1(C)CCN1C(=O)O[C@@H]1CC[C@H](c2cc(NC(=O)OCc3ccccc3)n[nH]2)C1. The number of hydrogen-bond donors (Lipinski definition) is 2. The predicted octanol–water partition coefficient (Wildman–Crippen LogP) is 4.42. The van der Waals surface area contributed by atoms with Gasteiger partial charge in [-0.05, 0) is 45.1 Å². The Kier molecular flexibility index (Phi) is 5.65. The van der Waals surface area contributed by atoms with Crippen molar-refractivity contribution in [2.45, 2.75) is 63.7 Å². The van der Waals surface area contributed by atoms with Gasteiger partial charge >= 0.3 is 12.2 Å². The van der Waals surface area contributed by atoms with Gasteiger partial charge in [-0.2, -0.15) is 5.10 Å². The molecule has 0 unspecified atom stereocenters. The number of nitrogens with zero attached hydrogens (tertiary/aromatic N) is 2. The highest BCUT2D eigenvalue weighted by atomic mass is 16.6. The molecule has 2 aliphatic rings. The van der Waals surface area contributed by atoms with E-state index in [1.165, 1.54) is 0 Å². The lowest BCUT2D eigenvalue weighted by molar-refractivity contribution is -0.0101. The number of carbonyl (C=O) groups excluding carboxylic acids is 2. The molecule has 1 aliphatic heterocycles. The third-order valence-electron chi connectivity index (χ3n) is 6.03. The summed E-state index contributed by atoms with van der Waals surface area (Å²) in [7, 11) is 0. The summed E-state index contributed by atoms with van der Waals surface area (Å²) in [6.45, 7) is 5.07. The van der Waals surface area contributed by atoms with Gasteiger partial charge in [-0.15, -0.1) is 0 Å². The van der Waals surface area contributed by atoms with Crippen molar-refractivity contribution in [2.24, 2.45) is 0 Å². The van der Waals surface area contributed by atoms with Crippen LogP contribution in [0.2, 0.25) is 0 Å². The second kappa shape index (κ2) is 8.38. The number of benzene rings is 1. The number of rotatable bonds is 5. The predicted molar refractivity (Wildman–Crippen MR) is 111 cm³/mol. The van der Waals surface area contributed by atoms with Crippen molar-refractivity contribution in [3.05, 3.63) is 47.7 Å². The molecule has 0 spiro atoms. The van der Waals surface area contributed by atoms with Gasteiger partial charge in [-0.1, -0.05) is 30.3 Å². The maximum Gasteiger partial charge on any atom is 0.413 e. The van der Waals surface area contributed by atoms with Gasteiger partial charge < -0.3 is 14.4 Å². The Hall–Kier alpha value is -3.03. The van der Waals surface area contributed by atoms with Crippen LogP contribution in [0.15, 0.2) is 36.4 Å². The Morgan fingerprint density at radius 2 is 2.07 bits per heavy atom. The van der Waals surface area contributed by atoms with Crippen LogP contribution in [-0.4, -0.2) is 45.5 Å². The minimum absolute atomic E-state index is 0.0885. The first-order valence-electron chi connectivity index (χ1n) is 10.4. The van der Waals surface area contributed by atoms with Crippen molar-refractivity contribution in [3.63, 3.8) is 0 Å². The van der Waals surface area contributed by atoms with Crippen molar-refractivity contribution >= 4 is 18.0 Å². The van der Waals surface area contributed by atoms with E-state index < -0.39 is 6.09 Å². The molecule has 4 rings (SSSR count). The summed E-state index contributed by atoms with van der Waals surface area (Å²) in [6, 6.07) is 11.3. The third-order valence-corrected chi connectivity index (χ3v) is 6.03. The van der Waals surface area contributed by atoms with Crippen LogP contribution >= 0.6 is 0 Å². The number of aromatic nitrogens is 2. The molecule has 30 heavy (non-hydrogen) atoms. The molecule has 2 atom stereocenters. The molecule has 8 nitrogen and oxygen atoms in total. The van der Waals surface area contributed by atoms with Crippen LogP contribution in [0.4, 0.5) is 15.4 Å². The average Bonchev–Trinajstić information content (AvgIpc) is 3.36. The normalized spacial score (nSPS) is 22.3. The lowest BCUT2D eigenvalue weighted by atomic mass is 9.90. The van der Waals surface area contributed by atoms with Gasteiger partial charge in [0.15, 0.2) is 5.82 Å². The number of anilines is 1. The summed E-state index contributed by atoms with van der Waals surface area (Å²) in [5, 5.41) is 9.79. The van der Waals surface area contributed by atoms with E-state index in [0.717, 1.165) is 43.5 Å². The van der Waals surface area contributed by atoms with Crippen molar-refractivity contribution in [1.29, 1.82) is 0 Å². The molecule has 1 aliphatic carbocycles. The van der Waals surface area contributed by atoms with Crippen LogP contribution in [0.3, 0.4) is 0 Å². The summed E-state index contributed by atoms with van der Waals surface area (Å²) in [6.07, 6.45) is 2.63. The molecule has 1 saturated carbocycles. The van der Waals surface area contributed by atoms with E-state index in [9.17, 15) is 9.59 Å². The van der Waals surface area contributed by atoms with E-state index in [2.05, 4.69) is 29.4 Å². The van der Waals surface area contributed by atoms with Gasteiger partial charge in [0.25, 0.3) is 0 Å². The Morgan fingerprint density at radius 1 is 1.27 bits per heavy atom. The molecule has 2 N–H and O–H groups in total. The molecular weight excluding hydrogens is 384 g/mol. The number of nitrogens with one attached hydrogen (secondary N) is 2. The molecule has 8 heteroatoms. The molecule has 1 saturated heterocycles. The summed E-state index contributed by atoms with van der Waals surface area (Å²) < 4.78 is 10.9. The maximum atomic E-state index is 12.4. The number of hydrogen-bond acceptors (Lipinski definition) is 5. The Labute approximate surface area is 175 Å². The van der Waals surface area contributed by atoms with Crippen LogP contribution in [0, 0.1) is 0 Å². The third kappa shape index (κ3) is 4.58. The summed E-state index contributed by atoms with van der Waals surface area (Å²) in [4.78, 5) is 26.1. The first-order valence-corrected chi connectivity index (χ1v) is 10.4. The molecule has 2 fully saturated rings. The largest absolute Gasteiger partial charge is 0.446 e. The molecule has 0 radical (unpaired) electrons. The van der Waals surface area contributed by atoms with E-state index in [0.29, 0.717) is 5.82 Å². The molecule has 2 heterocycles. The smallest absolute Gasteiger partial charge is 0.413 e. The summed E-state index contributed by atoms with van der Waals surface area (Å²) >= 11 is 0. The summed E-state index contributed by atoms with van der Waals surface area (Å²) in [5.41, 5.74) is 1.74. The average molecular weight is 412 g/mol. The Bertz CT molecular complexity index is 896. The highest BCUT2D eigenvalue weighted by Crippen LogP contribution is 2.37. The van der Waals surface area contributed by atoms with E-state index >= 15 is 0 Å². The van der Waals surface area contributed by atoms with Gasteiger partial charge in [0, 0.05) is 29.8 Å². The van der Waals surface area contributed by atoms with Gasteiger partial charge in [0.1, 0.15) is 12.7 Å². The lowest BCUT2D eigenvalue weighted by Crippen LogP contribution is -2.58. The highest BCUT2D eigenvalue weighted by molar-refractivity contribution is 5.83. The monoisotopic (exact) mass is 412 g/mol. The second-order valence-corrected chi connectivity index (χ2v) is 8.63. The quantitative estimate of drug-likeness (QED) is 0.758. The topological polar surface area (TPSA) is 96.6 Å².